The molecule has 0 aliphatic carbocycles. The average molecular weight is 482 g/mol. The van der Waals surface area contributed by atoms with E-state index in [-0.39, 0.29) is 19.1 Å². The predicted molar refractivity (Wildman–Crippen MR) is 128 cm³/mol. The number of imidazole rings is 1. The molecule has 0 fully saturated rings. The molecule has 0 atom stereocenters. The number of hydrogen-bond donors (Lipinski definition) is 1. The zero-order valence-corrected chi connectivity index (χ0v) is 19.6. The van der Waals surface area contributed by atoms with Crippen molar-refractivity contribution in [1.82, 2.24) is 24.8 Å². The second kappa shape index (κ2) is 11.0. The number of carbonyl (C=O) groups is 1. The number of halogens is 1. The Morgan fingerprint density at radius 2 is 2.06 bits per heavy atom. The molecule has 0 spiro atoms. The number of benzene rings is 1. The molecule has 0 aliphatic rings. The van der Waals surface area contributed by atoms with Crippen molar-refractivity contribution in [1.29, 1.82) is 0 Å². The Morgan fingerprint density at radius 3 is 2.85 bits per heavy atom. The highest BCUT2D eigenvalue weighted by Gasteiger charge is 2.15. The summed E-state index contributed by atoms with van der Waals surface area (Å²) < 4.78 is 18.7. The Morgan fingerprint density at radius 1 is 1.18 bits per heavy atom. The number of rotatable bonds is 10. The van der Waals surface area contributed by atoms with Crippen LogP contribution in [0.4, 0.5) is 0 Å². The van der Waals surface area contributed by atoms with E-state index in [1.165, 1.54) is 12.4 Å². The Labute approximate surface area is 201 Å². The number of pyridine rings is 2. The van der Waals surface area contributed by atoms with Gasteiger partial charge in [-0.3, -0.25) is 9.78 Å². The maximum atomic E-state index is 12.0. The standard InChI is InChI=1S/C24H24ClN5O4/c1-16-10-20(30-8-6-26-15-30)17-4-3-5-21(24(17)29-16)33-13-18-19(25)11-27-12-22(18)34-14-23(31)28-7-9-32-2/h3-6,8,10-12,15H,7,9,13-14H2,1-2H3,(H,28,31). The number of nitrogens with one attached hydrogen (secondary N) is 1. The number of fused-ring (bicyclic) bond motifs is 1. The molecule has 4 aromatic rings. The number of methoxy groups -OCH3 is 1. The number of aromatic nitrogens is 4. The summed E-state index contributed by atoms with van der Waals surface area (Å²) in [6.07, 6.45) is 8.37. The Balaban J connectivity index is 1.55. The van der Waals surface area contributed by atoms with E-state index in [1.54, 1.807) is 19.6 Å². The molecule has 3 aromatic heterocycles. The molecule has 176 valence electrons. The maximum absolute atomic E-state index is 12.0. The van der Waals surface area contributed by atoms with Gasteiger partial charge in [0.25, 0.3) is 5.91 Å². The molecule has 4 rings (SSSR count). The molecular formula is C24H24ClN5O4. The van der Waals surface area contributed by atoms with Gasteiger partial charge in [0.1, 0.15) is 23.6 Å². The van der Waals surface area contributed by atoms with Crippen molar-refractivity contribution in [3.05, 3.63) is 71.7 Å². The lowest BCUT2D eigenvalue weighted by Crippen LogP contribution is -2.31. The number of amides is 1. The minimum absolute atomic E-state index is 0.108. The minimum atomic E-state index is -0.273. The van der Waals surface area contributed by atoms with Gasteiger partial charge in [0.05, 0.1) is 35.4 Å². The van der Waals surface area contributed by atoms with Crippen molar-refractivity contribution in [3.8, 4) is 17.2 Å². The van der Waals surface area contributed by atoms with Crippen molar-refractivity contribution in [3.63, 3.8) is 0 Å². The Hall–Kier alpha value is -3.69. The molecule has 0 radical (unpaired) electrons. The van der Waals surface area contributed by atoms with Crippen molar-refractivity contribution in [2.45, 2.75) is 13.5 Å². The molecule has 9 nitrogen and oxygen atoms in total. The van der Waals surface area contributed by atoms with E-state index in [0.29, 0.717) is 35.2 Å². The molecule has 0 saturated carbocycles. The van der Waals surface area contributed by atoms with Gasteiger partial charge in [-0.05, 0) is 19.1 Å². The van der Waals surface area contributed by atoms with Crippen LogP contribution in [0.25, 0.3) is 16.6 Å². The first-order chi connectivity index (χ1) is 16.6. The number of para-hydroxylation sites is 1. The first-order valence-electron chi connectivity index (χ1n) is 10.6. The number of nitrogens with zero attached hydrogens (tertiary/aromatic N) is 4. The van der Waals surface area contributed by atoms with Gasteiger partial charge >= 0.3 is 0 Å². The number of hydrogen-bond acceptors (Lipinski definition) is 7. The molecule has 10 heteroatoms. The van der Waals surface area contributed by atoms with Crippen LogP contribution in [-0.2, 0) is 16.1 Å². The van der Waals surface area contributed by atoms with Crippen molar-refractivity contribution in [2.24, 2.45) is 0 Å². The molecule has 1 amide bonds. The monoisotopic (exact) mass is 481 g/mol. The van der Waals surface area contributed by atoms with Crippen LogP contribution in [0.5, 0.6) is 11.5 Å². The lowest BCUT2D eigenvalue weighted by molar-refractivity contribution is -0.123. The number of carbonyl (C=O) groups excluding carboxylic acids is 1. The lowest BCUT2D eigenvalue weighted by atomic mass is 10.1. The maximum Gasteiger partial charge on any atom is 0.258 e. The molecule has 0 aliphatic heterocycles. The minimum Gasteiger partial charge on any atom is -0.486 e. The quantitative estimate of drug-likeness (QED) is 0.346. The third-order valence-electron chi connectivity index (χ3n) is 5.02. The highest BCUT2D eigenvalue weighted by molar-refractivity contribution is 6.31. The van der Waals surface area contributed by atoms with E-state index in [0.717, 1.165) is 22.3 Å². The van der Waals surface area contributed by atoms with Gasteiger partial charge in [0.2, 0.25) is 0 Å². The van der Waals surface area contributed by atoms with Crippen molar-refractivity contribution >= 4 is 28.4 Å². The second-order valence-corrected chi connectivity index (χ2v) is 7.83. The predicted octanol–water partition coefficient (Wildman–Crippen LogP) is 3.50. The van der Waals surface area contributed by atoms with Gasteiger partial charge in [-0.1, -0.05) is 23.7 Å². The molecule has 1 aromatic carbocycles. The van der Waals surface area contributed by atoms with Crippen molar-refractivity contribution < 1.29 is 19.0 Å². The fraction of sp³-hybridized carbons (Fsp3) is 0.250. The summed E-state index contributed by atoms with van der Waals surface area (Å²) in [5.74, 6) is 0.696. The smallest absolute Gasteiger partial charge is 0.258 e. The fourth-order valence-electron chi connectivity index (χ4n) is 3.41. The summed E-state index contributed by atoms with van der Waals surface area (Å²) >= 11 is 6.38. The van der Waals surface area contributed by atoms with Crippen LogP contribution in [0.15, 0.2) is 55.4 Å². The highest BCUT2D eigenvalue weighted by atomic mass is 35.5. The van der Waals surface area contributed by atoms with E-state index in [1.807, 2.05) is 42.0 Å². The van der Waals surface area contributed by atoms with Gasteiger partial charge in [-0.2, -0.15) is 0 Å². The molecule has 0 saturated heterocycles. The van der Waals surface area contributed by atoms with Gasteiger partial charge in [0.15, 0.2) is 6.61 Å². The molecular weight excluding hydrogens is 458 g/mol. The number of aryl methyl sites for hydroxylation is 1. The van der Waals surface area contributed by atoms with E-state index >= 15 is 0 Å². The molecule has 3 heterocycles. The molecule has 34 heavy (non-hydrogen) atoms. The first kappa shape index (κ1) is 23.5. The average Bonchev–Trinajstić information content (AvgIpc) is 3.37. The Bertz CT molecular complexity index is 1280. The van der Waals surface area contributed by atoms with Gasteiger partial charge in [-0.15, -0.1) is 0 Å². The van der Waals surface area contributed by atoms with Crippen LogP contribution in [0, 0.1) is 6.92 Å². The van der Waals surface area contributed by atoms with Gasteiger partial charge in [0, 0.05) is 43.3 Å². The van der Waals surface area contributed by atoms with Crippen LogP contribution >= 0.6 is 11.6 Å². The lowest BCUT2D eigenvalue weighted by Gasteiger charge is -2.15. The highest BCUT2D eigenvalue weighted by Crippen LogP contribution is 2.32. The normalized spacial score (nSPS) is 10.9. The summed E-state index contributed by atoms with van der Waals surface area (Å²) in [6.45, 7) is 2.68. The molecule has 0 unspecified atom stereocenters. The summed E-state index contributed by atoms with van der Waals surface area (Å²) in [6, 6.07) is 7.74. The van der Waals surface area contributed by atoms with Crippen molar-refractivity contribution in [2.75, 3.05) is 26.9 Å². The topological polar surface area (TPSA) is 100 Å². The third kappa shape index (κ3) is 5.44. The third-order valence-corrected chi connectivity index (χ3v) is 5.34. The van der Waals surface area contributed by atoms with Crippen LogP contribution in [0.1, 0.15) is 11.3 Å². The summed E-state index contributed by atoms with van der Waals surface area (Å²) in [5.41, 5.74) is 3.10. The fourth-order valence-corrected chi connectivity index (χ4v) is 3.61. The van der Waals surface area contributed by atoms with E-state index in [4.69, 9.17) is 30.8 Å². The zero-order chi connectivity index (χ0) is 23.9. The largest absolute Gasteiger partial charge is 0.486 e. The van der Waals surface area contributed by atoms with E-state index < -0.39 is 0 Å². The van der Waals surface area contributed by atoms with E-state index in [2.05, 4.69) is 15.3 Å². The van der Waals surface area contributed by atoms with Gasteiger partial charge in [-0.25, -0.2) is 9.97 Å². The van der Waals surface area contributed by atoms with Gasteiger partial charge < -0.3 is 24.1 Å². The van der Waals surface area contributed by atoms with Crippen LogP contribution in [-0.4, -0.2) is 52.3 Å². The van der Waals surface area contributed by atoms with Crippen LogP contribution < -0.4 is 14.8 Å². The van der Waals surface area contributed by atoms with E-state index in [9.17, 15) is 4.79 Å². The number of ether oxygens (including phenoxy) is 3. The summed E-state index contributed by atoms with van der Waals surface area (Å²) in [5, 5.41) is 4.00. The summed E-state index contributed by atoms with van der Waals surface area (Å²) in [7, 11) is 1.57. The SMILES string of the molecule is COCCNC(=O)COc1cncc(Cl)c1COc1cccc2c(-n3ccnc3)cc(C)nc12. The van der Waals surface area contributed by atoms with Crippen LogP contribution in [0.2, 0.25) is 5.02 Å². The van der Waals surface area contributed by atoms with Crippen LogP contribution in [0.3, 0.4) is 0 Å². The summed E-state index contributed by atoms with van der Waals surface area (Å²) in [4.78, 5) is 24.9. The first-order valence-corrected chi connectivity index (χ1v) is 11.0. The second-order valence-electron chi connectivity index (χ2n) is 7.42. The Kier molecular flexibility index (Phi) is 7.56. The zero-order valence-electron chi connectivity index (χ0n) is 18.8. The molecule has 1 N–H and O–H groups in total. The molecule has 0 bridgehead atoms.